The van der Waals surface area contributed by atoms with Crippen LogP contribution >= 0.6 is 7.82 Å². The Morgan fingerprint density at radius 1 is 0.569 bits per heavy atom. The first-order valence-electron chi connectivity index (χ1n) is 22.3. The van der Waals surface area contributed by atoms with Crippen LogP contribution in [0.25, 0.3) is 0 Å². The van der Waals surface area contributed by atoms with Crippen molar-refractivity contribution in [2.45, 2.75) is 193 Å². The molecule has 1 amide bonds. The lowest BCUT2D eigenvalue weighted by Crippen LogP contribution is -2.43. The number of carboxylic acid groups (broad SMARTS) is 1. The number of amides is 1. The standard InChI is InChI=1S/C46H80NO10P/c1-3-5-7-9-11-13-15-17-18-19-20-21-22-23-24-26-27-29-31-33-35-37-44(49)47-43(46(51)52)41-57-58(53,54)56-40-42(48)39-55-45(50)38-36-34-32-30-28-25-16-14-12-10-8-6-4-2/h6,8,11-14,17-18,25,28,42-43,48H,3-5,7,9-10,15-16,19-24,26-27,29-41H2,1-2H3,(H,47,49)(H,51,52)(H,53,54)/b8-6-,13-11-,14-12-,18-17-,28-25-. The predicted octanol–water partition coefficient (Wildman–Crippen LogP) is 11.6. The van der Waals surface area contributed by atoms with Gasteiger partial charge in [-0.3, -0.25) is 18.6 Å². The Morgan fingerprint density at radius 2 is 1.00 bits per heavy atom. The number of hydrogen-bond acceptors (Lipinski definition) is 8. The van der Waals surface area contributed by atoms with Gasteiger partial charge in [0, 0.05) is 12.8 Å². The number of carboxylic acids is 1. The molecule has 0 spiro atoms. The summed E-state index contributed by atoms with van der Waals surface area (Å²) in [5.74, 6) is -2.41. The Hall–Kier alpha value is -2.82. The minimum atomic E-state index is -4.77. The van der Waals surface area contributed by atoms with Crippen molar-refractivity contribution in [1.29, 1.82) is 0 Å². The summed E-state index contributed by atoms with van der Waals surface area (Å²) >= 11 is 0. The van der Waals surface area contributed by atoms with E-state index in [-0.39, 0.29) is 12.8 Å². The van der Waals surface area contributed by atoms with Crippen molar-refractivity contribution < 1.29 is 47.8 Å². The summed E-state index contributed by atoms with van der Waals surface area (Å²) in [5, 5.41) is 21.8. The highest BCUT2D eigenvalue weighted by Gasteiger charge is 2.28. The van der Waals surface area contributed by atoms with Crippen molar-refractivity contribution in [1.82, 2.24) is 5.32 Å². The summed E-state index contributed by atoms with van der Waals surface area (Å²) in [6.07, 6.45) is 46.8. The summed E-state index contributed by atoms with van der Waals surface area (Å²) in [5.41, 5.74) is 0. The van der Waals surface area contributed by atoms with E-state index < -0.39 is 57.6 Å². The molecule has 334 valence electrons. The van der Waals surface area contributed by atoms with Crippen LogP contribution in [0.1, 0.15) is 181 Å². The predicted molar refractivity (Wildman–Crippen MR) is 235 cm³/mol. The van der Waals surface area contributed by atoms with Crippen LogP contribution in [-0.2, 0) is 32.7 Å². The zero-order chi connectivity index (χ0) is 42.8. The lowest BCUT2D eigenvalue weighted by atomic mass is 10.0. The van der Waals surface area contributed by atoms with Gasteiger partial charge in [-0.25, -0.2) is 9.36 Å². The van der Waals surface area contributed by atoms with Gasteiger partial charge in [-0.2, -0.15) is 0 Å². The van der Waals surface area contributed by atoms with Gasteiger partial charge in [0.2, 0.25) is 5.91 Å². The highest BCUT2D eigenvalue weighted by atomic mass is 31.2. The van der Waals surface area contributed by atoms with Crippen molar-refractivity contribution in [2.24, 2.45) is 0 Å². The number of unbranched alkanes of at least 4 members (excludes halogenated alkanes) is 17. The fraction of sp³-hybridized carbons (Fsp3) is 0.717. The number of aliphatic hydroxyl groups is 1. The molecule has 0 aliphatic heterocycles. The van der Waals surface area contributed by atoms with Gasteiger partial charge >= 0.3 is 19.8 Å². The first-order valence-corrected chi connectivity index (χ1v) is 23.8. The molecule has 0 saturated carbocycles. The molecule has 0 bridgehead atoms. The number of aliphatic hydroxyl groups excluding tert-OH is 1. The van der Waals surface area contributed by atoms with Crippen molar-refractivity contribution in [3.8, 4) is 0 Å². The number of esters is 1. The van der Waals surface area contributed by atoms with Gasteiger partial charge in [-0.15, -0.1) is 0 Å². The molecule has 0 heterocycles. The Kier molecular flexibility index (Phi) is 38.9. The minimum Gasteiger partial charge on any atom is -0.480 e. The fourth-order valence-electron chi connectivity index (χ4n) is 5.83. The Morgan fingerprint density at radius 3 is 1.52 bits per heavy atom. The van der Waals surface area contributed by atoms with Crippen LogP contribution in [-0.4, -0.2) is 64.9 Å². The number of carbonyl (C=O) groups is 3. The molecular weight excluding hydrogens is 757 g/mol. The molecular formula is C46H80NO10P. The summed E-state index contributed by atoms with van der Waals surface area (Å²) < 4.78 is 26.8. The first kappa shape index (κ1) is 55.2. The van der Waals surface area contributed by atoms with Crippen molar-refractivity contribution in [3.63, 3.8) is 0 Å². The highest BCUT2D eigenvalue weighted by molar-refractivity contribution is 7.47. The summed E-state index contributed by atoms with van der Waals surface area (Å²) in [6, 6.07) is -1.55. The SMILES string of the molecule is CC/C=C\C/C=C\C/C=C\CCCCCC(=O)OCC(O)COP(=O)(O)OCC(NC(=O)CCCCCCCCCCCCC/C=C\C/C=C\CCCCC)C(=O)O. The first-order chi connectivity index (χ1) is 28.1. The quantitative estimate of drug-likeness (QED) is 0.0201. The molecule has 0 fully saturated rings. The van der Waals surface area contributed by atoms with E-state index in [4.69, 9.17) is 13.8 Å². The molecule has 3 atom stereocenters. The van der Waals surface area contributed by atoms with Gasteiger partial charge in [0.15, 0.2) is 6.04 Å². The Bertz CT molecular complexity index is 1210. The normalized spacial score (nSPS) is 14.3. The van der Waals surface area contributed by atoms with E-state index in [9.17, 15) is 34.1 Å². The third kappa shape index (κ3) is 40.0. The molecule has 0 aromatic carbocycles. The van der Waals surface area contributed by atoms with Crippen LogP contribution in [0.4, 0.5) is 0 Å². The topological polar surface area (TPSA) is 169 Å². The molecule has 11 nitrogen and oxygen atoms in total. The van der Waals surface area contributed by atoms with Gasteiger partial charge in [-0.05, 0) is 77.0 Å². The third-order valence-corrected chi connectivity index (χ3v) is 10.2. The molecule has 0 radical (unpaired) electrons. The number of nitrogens with one attached hydrogen (secondary N) is 1. The lowest BCUT2D eigenvalue weighted by Gasteiger charge is -2.18. The molecule has 0 saturated heterocycles. The average Bonchev–Trinajstić information content (AvgIpc) is 3.20. The molecule has 0 aromatic rings. The number of carbonyl (C=O) groups excluding carboxylic acids is 2. The second-order valence-corrected chi connectivity index (χ2v) is 16.3. The van der Waals surface area contributed by atoms with Gasteiger partial charge in [0.1, 0.15) is 12.7 Å². The summed E-state index contributed by atoms with van der Waals surface area (Å²) in [6.45, 7) is 2.42. The number of rotatable bonds is 41. The number of hydrogen-bond donors (Lipinski definition) is 4. The van der Waals surface area contributed by atoms with Crippen molar-refractivity contribution in [2.75, 3.05) is 19.8 Å². The van der Waals surface area contributed by atoms with E-state index in [0.29, 0.717) is 12.8 Å². The Labute approximate surface area is 351 Å². The molecule has 58 heavy (non-hydrogen) atoms. The maximum atomic E-state index is 12.3. The number of phosphoric ester groups is 1. The van der Waals surface area contributed by atoms with Gasteiger partial charge in [-0.1, -0.05) is 152 Å². The highest BCUT2D eigenvalue weighted by Crippen LogP contribution is 2.43. The number of ether oxygens (including phenoxy) is 1. The van der Waals surface area contributed by atoms with Crippen LogP contribution in [0.3, 0.4) is 0 Å². The second-order valence-electron chi connectivity index (χ2n) is 14.9. The molecule has 3 unspecified atom stereocenters. The smallest absolute Gasteiger partial charge is 0.472 e. The fourth-order valence-corrected chi connectivity index (χ4v) is 6.60. The number of phosphoric acid groups is 1. The minimum absolute atomic E-state index is 0.139. The molecule has 0 aromatic heterocycles. The van der Waals surface area contributed by atoms with Crippen LogP contribution in [0.5, 0.6) is 0 Å². The summed E-state index contributed by atoms with van der Waals surface area (Å²) in [7, 11) is -4.77. The van der Waals surface area contributed by atoms with E-state index in [1.165, 1.54) is 70.6 Å². The number of allylic oxidation sites excluding steroid dienone is 10. The van der Waals surface area contributed by atoms with Crippen LogP contribution in [0.2, 0.25) is 0 Å². The van der Waals surface area contributed by atoms with E-state index in [0.717, 1.165) is 70.6 Å². The van der Waals surface area contributed by atoms with Gasteiger partial charge in [0.05, 0.1) is 13.2 Å². The molecule has 0 rings (SSSR count). The number of aliphatic carboxylic acids is 1. The maximum absolute atomic E-state index is 12.3. The van der Waals surface area contributed by atoms with Crippen molar-refractivity contribution in [3.05, 3.63) is 60.8 Å². The van der Waals surface area contributed by atoms with Gasteiger partial charge < -0.3 is 25.2 Å². The third-order valence-electron chi connectivity index (χ3n) is 9.29. The molecule has 0 aliphatic carbocycles. The monoisotopic (exact) mass is 838 g/mol. The van der Waals surface area contributed by atoms with E-state index >= 15 is 0 Å². The van der Waals surface area contributed by atoms with E-state index in [1.807, 2.05) is 0 Å². The maximum Gasteiger partial charge on any atom is 0.472 e. The molecule has 0 aliphatic rings. The van der Waals surface area contributed by atoms with E-state index in [2.05, 4.69) is 79.9 Å². The second kappa shape index (κ2) is 40.9. The van der Waals surface area contributed by atoms with E-state index in [1.54, 1.807) is 0 Å². The van der Waals surface area contributed by atoms with Crippen LogP contribution < -0.4 is 5.32 Å². The zero-order valence-electron chi connectivity index (χ0n) is 36.1. The molecule has 12 heteroatoms. The van der Waals surface area contributed by atoms with Crippen LogP contribution in [0.15, 0.2) is 60.8 Å². The largest absolute Gasteiger partial charge is 0.480 e. The lowest BCUT2D eigenvalue weighted by molar-refractivity contribution is -0.147. The zero-order valence-corrected chi connectivity index (χ0v) is 37.0. The van der Waals surface area contributed by atoms with Gasteiger partial charge in [0.25, 0.3) is 0 Å². The average molecular weight is 838 g/mol. The molecule has 4 N–H and O–H groups in total. The van der Waals surface area contributed by atoms with Crippen LogP contribution in [0, 0.1) is 0 Å². The van der Waals surface area contributed by atoms with Crippen molar-refractivity contribution >= 4 is 25.7 Å². The summed E-state index contributed by atoms with van der Waals surface area (Å²) in [4.78, 5) is 45.9. The Balaban J connectivity index is 3.91.